The molecule has 2 aromatic carbocycles. The van der Waals surface area contributed by atoms with Gasteiger partial charge in [-0.25, -0.2) is 4.79 Å². The topological polar surface area (TPSA) is 76.1 Å². The summed E-state index contributed by atoms with van der Waals surface area (Å²) in [6.45, 7) is -0.0444. The van der Waals surface area contributed by atoms with E-state index in [1.165, 1.54) is 4.90 Å². The van der Waals surface area contributed by atoms with Gasteiger partial charge in [-0.05, 0) is 36.4 Å². The number of hydrogen-bond donors (Lipinski definition) is 1. The number of carbonyl (C=O) groups is 2. The summed E-state index contributed by atoms with van der Waals surface area (Å²) in [5, 5.41) is 9.22. The smallest absolute Gasteiger partial charge is 0.346 e. The van der Waals surface area contributed by atoms with E-state index in [1.807, 2.05) is 0 Å². The van der Waals surface area contributed by atoms with Crippen LogP contribution in [0.1, 0.15) is 10.4 Å². The third-order valence-electron chi connectivity index (χ3n) is 3.63. The van der Waals surface area contributed by atoms with Crippen LogP contribution in [0.5, 0.6) is 11.5 Å². The van der Waals surface area contributed by atoms with Gasteiger partial charge in [0, 0.05) is 5.56 Å². The molecule has 0 unspecified atom stereocenters. The molecule has 2 aromatic rings. The molecule has 0 radical (unpaired) electrons. The van der Waals surface area contributed by atoms with Crippen LogP contribution in [0.25, 0.3) is 0 Å². The summed E-state index contributed by atoms with van der Waals surface area (Å²) in [5.41, 5.74) is 1.01. The SMILES string of the molecule is COc1ccc(C(=O)N2C[C@@H](C(=O)O)Oc3ccccc32)cc1. The second-order valence-corrected chi connectivity index (χ2v) is 5.06. The first-order valence-corrected chi connectivity index (χ1v) is 7.04. The maximum absolute atomic E-state index is 12.8. The number of methoxy groups -OCH3 is 1. The summed E-state index contributed by atoms with van der Waals surface area (Å²) in [7, 11) is 1.55. The van der Waals surface area contributed by atoms with Crippen LogP contribution >= 0.6 is 0 Å². The van der Waals surface area contributed by atoms with Gasteiger partial charge in [-0.3, -0.25) is 4.79 Å². The highest BCUT2D eigenvalue weighted by atomic mass is 16.5. The Bertz CT molecular complexity index is 741. The molecule has 0 saturated carbocycles. The maximum atomic E-state index is 12.8. The van der Waals surface area contributed by atoms with E-state index in [0.717, 1.165) is 0 Å². The normalized spacial score (nSPS) is 16.2. The minimum absolute atomic E-state index is 0.0444. The number of carboxylic acids is 1. The van der Waals surface area contributed by atoms with Crippen LogP contribution < -0.4 is 14.4 Å². The molecule has 1 amide bonds. The van der Waals surface area contributed by atoms with Crippen molar-refractivity contribution in [2.45, 2.75) is 6.10 Å². The summed E-state index contributed by atoms with van der Waals surface area (Å²) in [4.78, 5) is 25.5. The minimum Gasteiger partial charge on any atom is -0.497 e. The summed E-state index contributed by atoms with van der Waals surface area (Å²) >= 11 is 0. The van der Waals surface area contributed by atoms with E-state index in [-0.39, 0.29) is 12.5 Å². The summed E-state index contributed by atoms with van der Waals surface area (Å²) in [6.07, 6.45) is -1.09. The second-order valence-electron chi connectivity index (χ2n) is 5.06. The van der Waals surface area contributed by atoms with Crippen LogP contribution in [0.4, 0.5) is 5.69 Å². The Hall–Kier alpha value is -3.02. The predicted octanol–water partition coefficient (Wildman–Crippen LogP) is 2.19. The van der Waals surface area contributed by atoms with Gasteiger partial charge in [0.1, 0.15) is 11.5 Å². The Morgan fingerprint density at radius 1 is 1.17 bits per heavy atom. The summed E-state index contributed by atoms with van der Waals surface area (Å²) in [5.74, 6) is -0.359. The molecule has 1 aliphatic heterocycles. The molecule has 1 aliphatic rings. The van der Waals surface area contributed by atoms with Crippen LogP contribution in [-0.2, 0) is 4.79 Å². The number of hydrogen-bond acceptors (Lipinski definition) is 4. The van der Waals surface area contributed by atoms with E-state index in [9.17, 15) is 14.7 Å². The number of amides is 1. The van der Waals surface area contributed by atoms with Gasteiger partial charge in [0.15, 0.2) is 0 Å². The average molecular weight is 313 g/mol. The highest BCUT2D eigenvalue weighted by Gasteiger charge is 2.33. The number of anilines is 1. The third kappa shape index (κ3) is 2.83. The molecule has 1 N–H and O–H groups in total. The van der Waals surface area contributed by atoms with Gasteiger partial charge in [0.25, 0.3) is 5.91 Å². The fourth-order valence-electron chi connectivity index (χ4n) is 2.44. The van der Waals surface area contributed by atoms with Gasteiger partial charge in [0.05, 0.1) is 19.3 Å². The molecule has 1 atom stereocenters. The Kier molecular flexibility index (Phi) is 3.89. The Morgan fingerprint density at radius 3 is 2.52 bits per heavy atom. The number of aliphatic carboxylic acids is 1. The molecule has 0 bridgehead atoms. The Balaban J connectivity index is 1.96. The van der Waals surface area contributed by atoms with Gasteiger partial charge >= 0.3 is 5.97 Å². The molecule has 0 fully saturated rings. The van der Waals surface area contributed by atoms with Crippen molar-refractivity contribution in [1.29, 1.82) is 0 Å². The van der Waals surface area contributed by atoms with E-state index < -0.39 is 12.1 Å². The van der Waals surface area contributed by atoms with Gasteiger partial charge < -0.3 is 19.5 Å². The number of nitrogens with zero attached hydrogens (tertiary/aromatic N) is 1. The molecule has 23 heavy (non-hydrogen) atoms. The highest BCUT2D eigenvalue weighted by Crippen LogP contribution is 2.34. The zero-order valence-corrected chi connectivity index (χ0v) is 12.4. The zero-order chi connectivity index (χ0) is 16.4. The van der Waals surface area contributed by atoms with Crippen LogP contribution in [0, 0.1) is 0 Å². The van der Waals surface area contributed by atoms with E-state index in [1.54, 1.807) is 55.6 Å². The van der Waals surface area contributed by atoms with Gasteiger partial charge in [-0.2, -0.15) is 0 Å². The van der Waals surface area contributed by atoms with Crippen molar-refractivity contribution >= 4 is 17.6 Å². The molecule has 1 heterocycles. The van der Waals surface area contributed by atoms with Crippen molar-refractivity contribution in [2.75, 3.05) is 18.6 Å². The molecule has 118 valence electrons. The molecule has 6 nitrogen and oxygen atoms in total. The number of ether oxygens (including phenoxy) is 2. The lowest BCUT2D eigenvalue weighted by Crippen LogP contribution is -2.47. The molecule has 6 heteroatoms. The van der Waals surface area contributed by atoms with Crippen molar-refractivity contribution in [1.82, 2.24) is 0 Å². The first-order valence-electron chi connectivity index (χ1n) is 7.04. The second kappa shape index (κ2) is 6.00. The predicted molar refractivity (Wildman–Crippen MR) is 83.2 cm³/mol. The van der Waals surface area contributed by atoms with Crippen molar-refractivity contribution in [3.63, 3.8) is 0 Å². The standard InChI is InChI=1S/C17H15NO5/c1-22-12-8-6-11(7-9-12)16(19)18-10-15(17(20)21)23-14-5-3-2-4-13(14)18/h2-9,15H,10H2,1H3,(H,20,21)/t15-/m0/s1. The number of carboxylic acid groups (broad SMARTS) is 1. The van der Waals surface area contributed by atoms with Gasteiger partial charge in [-0.1, -0.05) is 12.1 Å². The number of fused-ring (bicyclic) bond motifs is 1. The first-order chi connectivity index (χ1) is 11.1. The third-order valence-corrected chi connectivity index (χ3v) is 3.63. The van der Waals surface area contributed by atoms with Gasteiger partial charge in [0.2, 0.25) is 6.10 Å². The Morgan fingerprint density at radius 2 is 1.87 bits per heavy atom. The molecular weight excluding hydrogens is 298 g/mol. The molecule has 0 aliphatic carbocycles. The fraction of sp³-hybridized carbons (Fsp3) is 0.176. The number of benzene rings is 2. The van der Waals surface area contributed by atoms with Crippen LogP contribution in [0.15, 0.2) is 48.5 Å². The lowest BCUT2D eigenvalue weighted by Gasteiger charge is -2.33. The lowest BCUT2D eigenvalue weighted by molar-refractivity contribution is -0.144. The van der Waals surface area contributed by atoms with Crippen LogP contribution in [0.2, 0.25) is 0 Å². The van der Waals surface area contributed by atoms with E-state index in [4.69, 9.17) is 9.47 Å². The van der Waals surface area contributed by atoms with E-state index in [2.05, 4.69) is 0 Å². The van der Waals surface area contributed by atoms with Crippen molar-refractivity contribution in [3.8, 4) is 11.5 Å². The van der Waals surface area contributed by atoms with E-state index in [0.29, 0.717) is 22.7 Å². The fourth-order valence-corrected chi connectivity index (χ4v) is 2.44. The number of para-hydroxylation sites is 2. The lowest BCUT2D eigenvalue weighted by atomic mass is 10.1. The molecule has 0 saturated heterocycles. The van der Waals surface area contributed by atoms with Gasteiger partial charge in [-0.15, -0.1) is 0 Å². The molecular formula is C17H15NO5. The summed E-state index contributed by atoms with van der Waals surface area (Å²) < 4.78 is 10.5. The highest BCUT2D eigenvalue weighted by molar-refractivity contribution is 6.07. The van der Waals surface area contributed by atoms with Crippen LogP contribution in [-0.4, -0.2) is 36.7 Å². The molecule has 3 rings (SSSR count). The number of carbonyl (C=O) groups excluding carboxylic acids is 1. The quantitative estimate of drug-likeness (QED) is 0.940. The first kappa shape index (κ1) is 14.9. The molecule has 0 aromatic heterocycles. The average Bonchev–Trinajstić information content (AvgIpc) is 2.60. The van der Waals surface area contributed by atoms with Crippen molar-refractivity contribution in [3.05, 3.63) is 54.1 Å². The molecule has 0 spiro atoms. The number of rotatable bonds is 3. The maximum Gasteiger partial charge on any atom is 0.346 e. The largest absolute Gasteiger partial charge is 0.497 e. The van der Waals surface area contributed by atoms with Crippen LogP contribution in [0.3, 0.4) is 0 Å². The minimum atomic E-state index is -1.10. The monoisotopic (exact) mass is 313 g/mol. The Labute approximate surface area is 132 Å². The van der Waals surface area contributed by atoms with E-state index >= 15 is 0 Å². The summed E-state index contributed by atoms with van der Waals surface area (Å²) in [6, 6.07) is 13.6. The van der Waals surface area contributed by atoms with Crippen molar-refractivity contribution in [2.24, 2.45) is 0 Å². The zero-order valence-electron chi connectivity index (χ0n) is 12.4. The van der Waals surface area contributed by atoms with Crippen molar-refractivity contribution < 1.29 is 24.2 Å².